The van der Waals surface area contributed by atoms with Gasteiger partial charge in [0, 0.05) is 45.3 Å². The molecule has 8 aromatic rings. The van der Waals surface area contributed by atoms with Crippen molar-refractivity contribution < 1.29 is 0 Å². The third-order valence-corrected chi connectivity index (χ3v) is 9.80. The fourth-order valence-electron chi connectivity index (χ4n) is 7.94. The van der Waals surface area contributed by atoms with Crippen molar-refractivity contribution in [3.05, 3.63) is 163 Å². The van der Waals surface area contributed by atoms with Crippen LogP contribution in [0.3, 0.4) is 0 Å². The Morgan fingerprint density at radius 3 is 1.71 bits per heavy atom. The van der Waals surface area contributed by atoms with Crippen LogP contribution in [0.2, 0.25) is 0 Å². The predicted molar refractivity (Wildman–Crippen MR) is 197 cm³/mol. The highest BCUT2D eigenvalue weighted by molar-refractivity contribution is 7.00. The minimum absolute atomic E-state index is 0.0377. The Kier molecular flexibility index (Phi) is 5.67. The maximum atomic E-state index is 10.4. The molecule has 0 saturated heterocycles. The van der Waals surface area contributed by atoms with Gasteiger partial charge in [-0.1, -0.05) is 97.1 Å². The van der Waals surface area contributed by atoms with E-state index in [2.05, 4.69) is 172 Å². The van der Waals surface area contributed by atoms with E-state index in [9.17, 15) is 5.26 Å². The lowest BCUT2D eigenvalue weighted by atomic mass is 9.33. The van der Waals surface area contributed by atoms with Gasteiger partial charge in [-0.3, -0.25) is 4.90 Å². The number of hydrogen-bond acceptors (Lipinski definition) is 4. The van der Waals surface area contributed by atoms with Gasteiger partial charge in [0.05, 0.1) is 16.7 Å². The Balaban J connectivity index is 1.26. The number of pyridine rings is 1. The predicted octanol–water partition coefficient (Wildman–Crippen LogP) is 8.13. The average molecular weight is 612 g/mol. The molecule has 10 rings (SSSR count). The summed E-state index contributed by atoms with van der Waals surface area (Å²) < 4.78 is 2.25. The summed E-state index contributed by atoms with van der Waals surface area (Å²) in [4.78, 5) is 9.63. The molecule has 4 heterocycles. The van der Waals surface area contributed by atoms with Crippen molar-refractivity contribution in [1.29, 1.82) is 5.26 Å². The second-order valence-corrected chi connectivity index (χ2v) is 12.3. The SMILES string of the molecule is N#Cc1cc(-n2c3ccccc3c3ccccc32)cc(N2c3ccccc3B3c4ccccc4N(c4ccccc4)c4cccc2c43)n1. The van der Waals surface area contributed by atoms with Crippen LogP contribution in [-0.2, 0) is 0 Å². The fourth-order valence-corrected chi connectivity index (χ4v) is 7.94. The lowest BCUT2D eigenvalue weighted by molar-refractivity contribution is 1.11. The Morgan fingerprint density at radius 1 is 0.500 bits per heavy atom. The van der Waals surface area contributed by atoms with E-state index in [4.69, 9.17) is 4.98 Å². The number of benzene rings is 6. The maximum absolute atomic E-state index is 10.4. The molecule has 0 atom stereocenters. The highest BCUT2D eigenvalue weighted by atomic mass is 15.2. The summed E-state index contributed by atoms with van der Waals surface area (Å²) in [6, 6.07) is 57.8. The third-order valence-electron chi connectivity index (χ3n) is 9.80. The summed E-state index contributed by atoms with van der Waals surface area (Å²) in [5, 5.41) is 12.7. The molecular formula is C42H26BN5. The molecule has 0 radical (unpaired) electrons. The van der Waals surface area contributed by atoms with Gasteiger partial charge < -0.3 is 9.47 Å². The summed E-state index contributed by atoms with van der Waals surface area (Å²) in [7, 11) is 0. The van der Waals surface area contributed by atoms with E-state index in [1.54, 1.807) is 0 Å². The molecule has 2 aliphatic heterocycles. The van der Waals surface area contributed by atoms with Crippen LogP contribution in [0.4, 0.5) is 34.3 Å². The zero-order valence-electron chi connectivity index (χ0n) is 25.8. The third kappa shape index (κ3) is 3.70. The highest BCUT2D eigenvalue weighted by Gasteiger charge is 2.43. The first-order chi connectivity index (χ1) is 23.8. The molecule has 0 saturated carbocycles. The number of nitrogens with zero attached hydrogens (tertiary/aromatic N) is 5. The van der Waals surface area contributed by atoms with Gasteiger partial charge in [0.25, 0.3) is 6.71 Å². The Morgan fingerprint density at radius 2 is 1.04 bits per heavy atom. The molecule has 222 valence electrons. The molecule has 0 unspecified atom stereocenters. The van der Waals surface area contributed by atoms with Crippen molar-refractivity contribution in [2.75, 3.05) is 9.80 Å². The standard InChI is InChI=1S/C42H26BN5/c44-27-28-25-30(47-35-19-8-4-15-31(35)32-16-5-9-20-36(32)47)26-41(45-28)48-38-22-11-7-18-34(38)43-33-17-6-10-21-37(33)46(29-13-2-1-3-14-29)39-23-12-24-40(48)42(39)43/h1-26H. The molecule has 0 aliphatic carbocycles. The number of fused-ring (bicyclic) bond motifs is 7. The minimum Gasteiger partial charge on any atom is -0.311 e. The fraction of sp³-hybridized carbons (Fsp3) is 0. The molecule has 2 aliphatic rings. The monoisotopic (exact) mass is 611 g/mol. The highest BCUT2D eigenvalue weighted by Crippen LogP contribution is 2.44. The summed E-state index contributed by atoms with van der Waals surface area (Å²) in [6.07, 6.45) is 0. The molecule has 6 heteroatoms. The van der Waals surface area contributed by atoms with Crippen LogP contribution in [0.25, 0.3) is 27.5 Å². The lowest BCUT2D eigenvalue weighted by Crippen LogP contribution is -2.61. The van der Waals surface area contributed by atoms with Crippen LogP contribution >= 0.6 is 0 Å². The quantitative estimate of drug-likeness (QED) is 0.189. The maximum Gasteiger partial charge on any atom is 0.252 e. The largest absolute Gasteiger partial charge is 0.311 e. The van der Waals surface area contributed by atoms with E-state index in [1.165, 1.54) is 32.8 Å². The zero-order chi connectivity index (χ0) is 31.8. The van der Waals surface area contributed by atoms with E-state index in [-0.39, 0.29) is 6.71 Å². The lowest BCUT2D eigenvalue weighted by Gasteiger charge is -2.43. The van der Waals surface area contributed by atoms with Crippen LogP contribution in [0.1, 0.15) is 5.69 Å². The van der Waals surface area contributed by atoms with Crippen LogP contribution in [-0.4, -0.2) is 16.3 Å². The number of aromatic nitrogens is 2. The van der Waals surface area contributed by atoms with Gasteiger partial charge in [0.1, 0.15) is 17.6 Å². The minimum atomic E-state index is 0.0377. The number of nitriles is 1. The normalized spacial score (nSPS) is 12.9. The van der Waals surface area contributed by atoms with Crippen LogP contribution in [0.15, 0.2) is 158 Å². The van der Waals surface area contributed by atoms with Crippen molar-refractivity contribution in [1.82, 2.24) is 9.55 Å². The van der Waals surface area contributed by atoms with Crippen molar-refractivity contribution in [3.8, 4) is 11.8 Å². The molecule has 5 nitrogen and oxygen atoms in total. The number of hydrogen-bond donors (Lipinski definition) is 0. The summed E-state index contributed by atoms with van der Waals surface area (Å²) >= 11 is 0. The molecule has 0 spiro atoms. The van der Waals surface area contributed by atoms with Gasteiger partial charge in [0.15, 0.2) is 0 Å². The summed E-state index contributed by atoms with van der Waals surface area (Å²) in [6.45, 7) is 0.0377. The average Bonchev–Trinajstić information content (AvgIpc) is 3.49. The summed E-state index contributed by atoms with van der Waals surface area (Å²) in [5.74, 6) is 0.704. The first-order valence-electron chi connectivity index (χ1n) is 16.2. The Hall–Kier alpha value is -6.58. The second kappa shape index (κ2) is 10.2. The van der Waals surface area contributed by atoms with Gasteiger partial charge in [0.2, 0.25) is 0 Å². The van der Waals surface area contributed by atoms with Gasteiger partial charge in [-0.05, 0) is 71.0 Å². The smallest absolute Gasteiger partial charge is 0.252 e. The van der Waals surface area contributed by atoms with Gasteiger partial charge in [-0.2, -0.15) is 5.26 Å². The van der Waals surface area contributed by atoms with Crippen LogP contribution in [0, 0.1) is 11.3 Å². The number of para-hydroxylation sites is 5. The van der Waals surface area contributed by atoms with E-state index < -0.39 is 0 Å². The molecule has 2 aromatic heterocycles. The molecule has 0 N–H and O–H groups in total. The topological polar surface area (TPSA) is 48.1 Å². The Bertz CT molecular complexity index is 2570. The molecular weight excluding hydrogens is 585 g/mol. The molecule has 0 fully saturated rings. The zero-order valence-corrected chi connectivity index (χ0v) is 25.8. The van der Waals surface area contributed by atoms with E-state index >= 15 is 0 Å². The first kappa shape index (κ1) is 26.6. The van der Waals surface area contributed by atoms with Gasteiger partial charge in [-0.25, -0.2) is 4.98 Å². The van der Waals surface area contributed by atoms with Crippen LogP contribution in [0.5, 0.6) is 0 Å². The van der Waals surface area contributed by atoms with Crippen molar-refractivity contribution >= 4 is 79.2 Å². The number of anilines is 6. The van der Waals surface area contributed by atoms with E-state index in [0.29, 0.717) is 11.5 Å². The van der Waals surface area contributed by atoms with Crippen molar-refractivity contribution in [2.24, 2.45) is 0 Å². The molecule has 0 amide bonds. The van der Waals surface area contributed by atoms with Crippen molar-refractivity contribution in [3.63, 3.8) is 0 Å². The van der Waals surface area contributed by atoms with Gasteiger partial charge in [-0.15, -0.1) is 0 Å². The molecule has 6 aromatic carbocycles. The summed E-state index contributed by atoms with van der Waals surface area (Å²) in [5.41, 5.74) is 12.7. The Labute approximate surface area is 278 Å². The second-order valence-electron chi connectivity index (χ2n) is 12.3. The van der Waals surface area contributed by atoms with E-state index in [0.717, 1.165) is 39.5 Å². The van der Waals surface area contributed by atoms with Gasteiger partial charge >= 0.3 is 0 Å². The first-order valence-corrected chi connectivity index (χ1v) is 16.2. The van der Waals surface area contributed by atoms with E-state index in [1.807, 2.05) is 6.07 Å². The molecule has 48 heavy (non-hydrogen) atoms. The van der Waals surface area contributed by atoms with Crippen LogP contribution < -0.4 is 26.2 Å². The van der Waals surface area contributed by atoms with Crippen molar-refractivity contribution in [2.45, 2.75) is 0 Å². The number of rotatable bonds is 3. The molecule has 0 bridgehead atoms.